The Kier molecular flexibility index (Phi) is 5.28. The van der Waals surface area contributed by atoms with Crippen molar-refractivity contribution < 1.29 is 9.18 Å². The molecule has 0 saturated carbocycles. The normalized spacial score (nSPS) is 15.6. The van der Waals surface area contributed by atoms with E-state index in [0.717, 1.165) is 42.3 Å². The molecular formula is C24H22FN3O. The van der Waals surface area contributed by atoms with Crippen molar-refractivity contribution in [3.05, 3.63) is 83.2 Å². The molecule has 2 N–H and O–H groups in total. The molecule has 1 aliphatic rings. The number of fused-ring (bicyclic) bond motifs is 1. The van der Waals surface area contributed by atoms with E-state index in [1.165, 1.54) is 12.1 Å². The Bertz CT molecular complexity index is 1080. The summed E-state index contributed by atoms with van der Waals surface area (Å²) in [6.07, 6.45) is 1.72. The van der Waals surface area contributed by atoms with Gasteiger partial charge in [-0.05, 0) is 66.5 Å². The van der Waals surface area contributed by atoms with Crippen LogP contribution >= 0.6 is 0 Å². The maximum absolute atomic E-state index is 13.4. The molecule has 1 fully saturated rings. The van der Waals surface area contributed by atoms with Gasteiger partial charge >= 0.3 is 0 Å². The molecule has 0 unspecified atom stereocenters. The number of halogens is 1. The molecule has 1 heterocycles. The Morgan fingerprint density at radius 2 is 1.83 bits per heavy atom. The molecule has 0 spiro atoms. The van der Waals surface area contributed by atoms with Gasteiger partial charge in [-0.25, -0.2) is 4.39 Å². The second-order valence-electron chi connectivity index (χ2n) is 7.58. The first-order valence-corrected chi connectivity index (χ1v) is 9.79. The van der Waals surface area contributed by atoms with E-state index < -0.39 is 0 Å². The van der Waals surface area contributed by atoms with Gasteiger partial charge in [-0.1, -0.05) is 36.4 Å². The monoisotopic (exact) mass is 387 g/mol. The molecule has 4 nitrogen and oxygen atoms in total. The summed E-state index contributed by atoms with van der Waals surface area (Å²) in [6.45, 7) is 2.16. The summed E-state index contributed by atoms with van der Waals surface area (Å²) in [5.74, 6) is -0.458. The van der Waals surface area contributed by atoms with E-state index in [4.69, 9.17) is 0 Å². The first-order valence-electron chi connectivity index (χ1n) is 9.79. The van der Waals surface area contributed by atoms with Gasteiger partial charge in [0.15, 0.2) is 0 Å². The average molecular weight is 387 g/mol. The summed E-state index contributed by atoms with van der Waals surface area (Å²) in [4.78, 5) is 13.1. The highest BCUT2D eigenvalue weighted by atomic mass is 19.1. The standard InChI is InChI=1S/C24H22FN3O/c25-20-7-5-19(6-8-20)24(9-11-27-12-10-24)16-28-23(29)22-14-17(15-26)13-18-3-1-2-4-21(18)22/h1-8,13-14,27H,9-12,16H2,(H,28,29). The number of nitrogens with zero attached hydrogens (tertiary/aromatic N) is 1. The molecule has 3 aromatic carbocycles. The molecule has 146 valence electrons. The lowest BCUT2D eigenvalue weighted by atomic mass is 9.73. The van der Waals surface area contributed by atoms with Gasteiger partial charge in [0.1, 0.15) is 5.82 Å². The minimum absolute atomic E-state index is 0.196. The fourth-order valence-corrected chi connectivity index (χ4v) is 4.18. The average Bonchev–Trinajstić information content (AvgIpc) is 2.77. The molecule has 0 aliphatic carbocycles. The van der Waals surface area contributed by atoms with Crippen molar-refractivity contribution in [2.45, 2.75) is 18.3 Å². The Morgan fingerprint density at radius 3 is 2.55 bits per heavy atom. The summed E-state index contributed by atoms with van der Waals surface area (Å²) in [5.41, 5.74) is 1.76. The van der Waals surface area contributed by atoms with E-state index in [0.29, 0.717) is 17.7 Å². The minimum atomic E-state index is -0.262. The fraction of sp³-hybridized carbons (Fsp3) is 0.250. The van der Waals surface area contributed by atoms with Crippen LogP contribution in [0, 0.1) is 17.1 Å². The molecule has 1 saturated heterocycles. The van der Waals surface area contributed by atoms with Crippen molar-refractivity contribution in [2.75, 3.05) is 19.6 Å². The molecule has 3 aromatic rings. The molecule has 4 rings (SSSR count). The van der Waals surface area contributed by atoms with Crippen LogP contribution in [-0.4, -0.2) is 25.5 Å². The number of carbonyl (C=O) groups excluding carboxylic acids is 1. The van der Waals surface area contributed by atoms with E-state index in [-0.39, 0.29) is 17.1 Å². The maximum atomic E-state index is 13.4. The van der Waals surface area contributed by atoms with Crippen LogP contribution in [0.3, 0.4) is 0 Å². The summed E-state index contributed by atoms with van der Waals surface area (Å²) in [7, 11) is 0. The lowest BCUT2D eigenvalue weighted by molar-refractivity contribution is 0.0939. The predicted octanol–water partition coefficient (Wildman–Crippen LogP) is 3.90. The SMILES string of the molecule is N#Cc1cc(C(=O)NCC2(c3ccc(F)cc3)CCNCC2)c2ccccc2c1. The quantitative estimate of drug-likeness (QED) is 0.714. The van der Waals surface area contributed by atoms with E-state index in [1.807, 2.05) is 36.4 Å². The Balaban J connectivity index is 1.63. The summed E-state index contributed by atoms with van der Waals surface area (Å²) in [5, 5.41) is 17.5. The number of hydrogen-bond donors (Lipinski definition) is 2. The summed E-state index contributed by atoms with van der Waals surface area (Å²) in [6, 6.07) is 19.7. The summed E-state index contributed by atoms with van der Waals surface area (Å²) >= 11 is 0. The van der Waals surface area contributed by atoms with Crippen LogP contribution in [0.4, 0.5) is 4.39 Å². The van der Waals surface area contributed by atoms with Crippen molar-refractivity contribution in [3.8, 4) is 6.07 Å². The van der Waals surface area contributed by atoms with Crippen LogP contribution < -0.4 is 10.6 Å². The Hall–Kier alpha value is -3.23. The third-order valence-corrected chi connectivity index (χ3v) is 5.84. The van der Waals surface area contributed by atoms with Crippen molar-refractivity contribution in [1.82, 2.24) is 10.6 Å². The van der Waals surface area contributed by atoms with Gasteiger partial charge in [-0.15, -0.1) is 0 Å². The highest BCUT2D eigenvalue weighted by molar-refractivity contribution is 6.07. The van der Waals surface area contributed by atoms with Crippen molar-refractivity contribution in [1.29, 1.82) is 5.26 Å². The van der Waals surface area contributed by atoms with Crippen LogP contribution in [-0.2, 0) is 5.41 Å². The number of rotatable bonds is 4. The molecule has 0 radical (unpaired) electrons. The van der Waals surface area contributed by atoms with Crippen LogP contribution in [0.2, 0.25) is 0 Å². The zero-order valence-electron chi connectivity index (χ0n) is 16.0. The molecular weight excluding hydrogens is 365 g/mol. The number of nitrogens with one attached hydrogen (secondary N) is 2. The van der Waals surface area contributed by atoms with Gasteiger partial charge in [0.25, 0.3) is 5.91 Å². The van der Waals surface area contributed by atoms with Gasteiger partial charge in [-0.2, -0.15) is 5.26 Å². The second-order valence-corrected chi connectivity index (χ2v) is 7.58. The van der Waals surface area contributed by atoms with Crippen LogP contribution in [0.5, 0.6) is 0 Å². The molecule has 5 heteroatoms. The topological polar surface area (TPSA) is 64.9 Å². The molecule has 0 bridgehead atoms. The summed E-state index contributed by atoms with van der Waals surface area (Å²) < 4.78 is 13.4. The van der Waals surface area contributed by atoms with Crippen LogP contribution in [0.1, 0.15) is 34.3 Å². The van der Waals surface area contributed by atoms with Crippen molar-refractivity contribution in [3.63, 3.8) is 0 Å². The molecule has 29 heavy (non-hydrogen) atoms. The maximum Gasteiger partial charge on any atom is 0.251 e. The number of nitriles is 1. The molecule has 0 atom stereocenters. The predicted molar refractivity (Wildman–Crippen MR) is 111 cm³/mol. The van der Waals surface area contributed by atoms with Gasteiger partial charge in [0, 0.05) is 17.5 Å². The lowest BCUT2D eigenvalue weighted by Gasteiger charge is -2.38. The molecule has 0 aromatic heterocycles. The smallest absolute Gasteiger partial charge is 0.251 e. The third-order valence-electron chi connectivity index (χ3n) is 5.84. The van der Waals surface area contributed by atoms with Crippen LogP contribution in [0.25, 0.3) is 10.8 Å². The lowest BCUT2D eigenvalue weighted by Crippen LogP contribution is -2.47. The van der Waals surface area contributed by atoms with E-state index in [1.54, 1.807) is 12.1 Å². The van der Waals surface area contributed by atoms with Gasteiger partial charge in [0.05, 0.1) is 11.6 Å². The Labute approximate surface area is 169 Å². The number of carbonyl (C=O) groups is 1. The van der Waals surface area contributed by atoms with Gasteiger partial charge in [0.2, 0.25) is 0 Å². The number of benzene rings is 3. The molecule has 1 aliphatic heterocycles. The first-order chi connectivity index (χ1) is 14.1. The van der Waals surface area contributed by atoms with E-state index >= 15 is 0 Å². The highest BCUT2D eigenvalue weighted by Gasteiger charge is 2.34. The minimum Gasteiger partial charge on any atom is -0.351 e. The van der Waals surface area contributed by atoms with Gasteiger partial charge < -0.3 is 10.6 Å². The van der Waals surface area contributed by atoms with Crippen LogP contribution in [0.15, 0.2) is 60.7 Å². The third kappa shape index (κ3) is 3.85. The zero-order valence-corrected chi connectivity index (χ0v) is 16.0. The zero-order chi connectivity index (χ0) is 20.3. The molecule has 1 amide bonds. The Morgan fingerprint density at radius 1 is 1.10 bits per heavy atom. The van der Waals surface area contributed by atoms with E-state index in [2.05, 4.69) is 16.7 Å². The van der Waals surface area contributed by atoms with E-state index in [9.17, 15) is 14.4 Å². The largest absolute Gasteiger partial charge is 0.351 e. The second kappa shape index (κ2) is 8.02. The fourth-order valence-electron chi connectivity index (χ4n) is 4.18. The van der Waals surface area contributed by atoms with Crippen molar-refractivity contribution in [2.24, 2.45) is 0 Å². The number of amides is 1. The highest BCUT2D eigenvalue weighted by Crippen LogP contribution is 2.33. The first kappa shape index (κ1) is 19.1. The van der Waals surface area contributed by atoms with Crippen molar-refractivity contribution >= 4 is 16.7 Å². The van der Waals surface area contributed by atoms with Gasteiger partial charge in [-0.3, -0.25) is 4.79 Å². The number of hydrogen-bond acceptors (Lipinski definition) is 3. The number of piperidine rings is 1.